The molecule has 2 heterocycles. The molecule has 2 aromatic carbocycles. The number of rotatable bonds is 32. The van der Waals surface area contributed by atoms with Crippen molar-refractivity contribution in [1.82, 2.24) is 0 Å². The summed E-state index contributed by atoms with van der Waals surface area (Å²) in [5.74, 6) is 0. The molecule has 59 heavy (non-hydrogen) atoms. The van der Waals surface area contributed by atoms with Gasteiger partial charge in [0.05, 0.1) is 44.9 Å². The van der Waals surface area contributed by atoms with Crippen LogP contribution in [0.5, 0.6) is 0 Å². The van der Waals surface area contributed by atoms with Gasteiger partial charge in [-0.3, -0.25) is 0 Å². The molecular weight excluding hydrogens is 809 g/mol. The second-order valence-electron chi connectivity index (χ2n) is 16.7. The number of nitrogens with one attached hydrogen (secondary N) is 4. The predicted molar refractivity (Wildman–Crippen MR) is 246 cm³/mol. The van der Waals surface area contributed by atoms with Crippen molar-refractivity contribution in [2.75, 3.05) is 21.3 Å². The number of anilines is 4. The third-order valence-electron chi connectivity index (χ3n) is 11.6. The Hall–Kier alpha value is -1.28. The molecule has 0 spiro atoms. The van der Waals surface area contributed by atoms with E-state index in [4.69, 9.17) is 0 Å². The van der Waals surface area contributed by atoms with Crippen LogP contribution < -0.4 is 21.3 Å². The van der Waals surface area contributed by atoms with Gasteiger partial charge in [-0.05, 0) is 49.9 Å². The first kappa shape index (κ1) is 53.9. The SMILES string of the molecule is CCCCCCCCCCCCCCCCC1Nc2cccc(S(=O)(=O)[O-])c2N1.CCCCCCCCCCCCCCCCC1Nc2cccc(S(=O)(=O)[O-])c2N1.[Ca+2]. The van der Waals surface area contributed by atoms with Crippen LogP contribution in [0.25, 0.3) is 0 Å². The van der Waals surface area contributed by atoms with E-state index in [1.165, 1.54) is 179 Å². The number of para-hydroxylation sites is 2. The van der Waals surface area contributed by atoms with Gasteiger partial charge in [0.2, 0.25) is 0 Å². The molecule has 2 atom stereocenters. The third-order valence-corrected chi connectivity index (χ3v) is 13.3. The average Bonchev–Trinajstić information content (AvgIpc) is 3.81. The van der Waals surface area contributed by atoms with Crippen LogP contribution in [0.15, 0.2) is 46.2 Å². The Morgan fingerprint density at radius 3 is 0.915 bits per heavy atom. The zero-order valence-electron chi connectivity index (χ0n) is 36.8. The average molecular weight is 887 g/mol. The van der Waals surface area contributed by atoms with E-state index >= 15 is 0 Å². The van der Waals surface area contributed by atoms with Gasteiger partial charge in [0.15, 0.2) is 0 Å². The molecule has 2 aliphatic heterocycles. The van der Waals surface area contributed by atoms with Crippen LogP contribution in [0.4, 0.5) is 22.7 Å². The van der Waals surface area contributed by atoms with E-state index in [0.717, 1.165) is 25.7 Å². The van der Waals surface area contributed by atoms with Gasteiger partial charge in [0, 0.05) is 0 Å². The minimum Gasteiger partial charge on any atom is -0.744 e. The molecule has 0 aliphatic carbocycles. The zero-order chi connectivity index (χ0) is 41.9. The summed E-state index contributed by atoms with van der Waals surface area (Å²) in [7, 11) is -8.91. The first-order valence-electron chi connectivity index (χ1n) is 23.3. The summed E-state index contributed by atoms with van der Waals surface area (Å²) < 4.78 is 68.2. The van der Waals surface area contributed by atoms with Crippen LogP contribution in [-0.2, 0) is 20.2 Å². The standard InChI is InChI=1S/2C23H40N2O3S.Ca/c2*1-2-3-4-5-6-7-8-9-10-11-12-13-14-15-19-22-24-20-17-16-18-21(23(20)25-22)29(26,27)28;/h2*16-18,22,24-25H,2-15,19H2,1H3,(H,26,27,28);/q;;+2/p-2. The van der Waals surface area contributed by atoms with E-state index in [0.29, 0.717) is 22.7 Å². The summed E-state index contributed by atoms with van der Waals surface area (Å²) >= 11 is 0. The molecule has 0 saturated heterocycles. The Kier molecular flexibility index (Phi) is 28.8. The van der Waals surface area contributed by atoms with Crippen molar-refractivity contribution in [3.63, 3.8) is 0 Å². The maximum Gasteiger partial charge on any atom is 2.00 e. The Bertz CT molecular complexity index is 1510. The largest absolute Gasteiger partial charge is 2.00 e. The predicted octanol–water partition coefficient (Wildman–Crippen LogP) is 12.9. The normalized spacial score (nSPS) is 15.5. The van der Waals surface area contributed by atoms with Crippen molar-refractivity contribution in [3.8, 4) is 0 Å². The smallest absolute Gasteiger partial charge is 0.744 e. The Morgan fingerprint density at radius 2 is 0.661 bits per heavy atom. The van der Waals surface area contributed by atoms with Gasteiger partial charge in [-0.15, -0.1) is 0 Å². The molecule has 2 aromatic rings. The quantitative estimate of drug-likeness (QED) is 0.0316. The van der Waals surface area contributed by atoms with Crippen molar-refractivity contribution in [3.05, 3.63) is 36.4 Å². The number of benzene rings is 2. The van der Waals surface area contributed by atoms with Crippen molar-refractivity contribution >= 4 is 80.7 Å². The van der Waals surface area contributed by atoms with Gasteiger partial charge >= 0.3 is 37.7 Å². The van der Waals surface area contributed by atoms with Crippen molar-refractivity contribution in [1.29, 1.82) is 0 Å². The van der Waals surface area contributed by atoms with Crippen LogP contribution in [0, 0.1) is 0 Å². The summed E-state index contributed by atoms with van der Waals surface area (Å²) in [6.45, 7) is 4.53. The summed E-state index contributed by atoms with van der Waals surface area (Å²) in [6.07, 6.45) is 39.2. The Balaban J connectivity index is 0.000000400. The van der Waals surface area contributed by atoms with E-state index in [1.807, 2.05) is 12.1 Å². The molecule has 13 heteroatoms. The van der Waals surface area contributed by atoms with Crippen LogP contribution >= 0.6 is 0 Å². The van der Waals surface area contributed by atoms with Gasteiger partial charge in [-0.2, -0.15) is 0 Å². The zero-order valence-corrected chi connectivity index (χ0v) is 40.6. The van der Waals surface area contributed by atoms with Gasteiger partial charge in [0.25, 0.3) is 0 Å². The maximum absolute atomic E-state index is 11.4. The second-order valence-corrected chi connectivity index (χ2v) is 19.4. The monoisotopic (exact) mass is 886 g/mol. The third kappa shape index (κ3) is 22.6. The maximum atomic E-state index is 11.4. The number of unbranched alkanes of at least 4 members (excludes halogenated alkanes) is 26. The first-order chi connectivity index (χ1) is 28.0. The van der Waals surface area contributed by atoms with Crippen LogP contribution in [0.1, 0.15) is 206 Å². The Morgan fingerprint density at radius 1 is 0.407 bits per heavy atom. The van der Waals surface area contributed by atoms with Crippen LogP contribution in [-0.4, -0.2) is 76.0 Å². The molecule has 0 radical (unpaired) electrons. The molecule has 2 unspecified atom stereocenters. The molecule has 10 nitrogen and oxygen atoms in total. The van der Waals surface area contributed by atoms with Gasteiger partial charge in [-0.25, -0.2) is 16.8 Å². The summed E-state index contributed by atoms with van der Waals surface area (Å²) in [5.41, 5.74) is 2.27. The van der Waals surface area contributed by atoms with Gasteiger partial charge in [0.1, 0.15) is 20.2 Å². The fourth-order valence-corrected chi connectivity index (χ4v) is 9.52. The molecule has 0 saturated carbocycles. The van der Waals surface area contributed by atoms with E-state index in [2.05, 4.69) is 35.1 Å². The van der Waals surface area contributed by atoms with Gasteiger partial charge in [-0.1, -0.05) is 193 Å². The summed E-state index contributed by atoms with van der Waals surface area (Å²) in [4.78, 5) is -0.322. The molecular formula is C46H78CaN4O6S2. The van der Waals surface area contributed by atoms with Gasteiger partial charge < -0.3 is 30.4 Å². The molecule has 332 valence electrons. The first-order valence-corrected chi connectivity index (χ1v) is 26.1. The molecule has 2 aliphatic rings. The Labute approximate surface area is 389 Å². The van der Waals surface area contributed by atoms with Crippen molar-refractivity contribution < 1.29 is 25.9 Å². The molecule has 0 amide bonds. The molecule has 0 fully saturated rings. The second kappa shape index (κ2) is 31.5. The van der Waals surface area contributed by atoms with Crippen molar-refractivity contribution in [2.24, 2.45) is 0 Å². The molecule has 0 aromatic heterocycles. The topological polar surface area (TPSA) is 163 Å². The fraction of sp³-hybridized carbons (Fsp3) is 0.739. The number of fused-ring (bicyclic) bond motifs is 2. The van der Waals surface area contributed by atoms with E-state index in [9.17, 15) is 25.9 Å². The van der Waals surface area contributed by atoms with Crippen molar-refractivity contribution in [2.45, 2.75) is 229 Å². The van der Waals surface area contributed by atoms with Crippen LogP contribution in [0.2, 0.25) is 0 Å². The van der Waals surface area contributed by atoms with E-state index in [1.54, 1.807) is 12.1 Å². The molecule has 4 N–H and O–H groups in total. The number of hydrogen-bond acceptors (Lipinski definition) is 10. The van der Waals surface area contributed by atoms with Crippen LogP contribution in [0.3, 0.4) is 0 Å². The van der Waals surface area contributed by atoms with E-state index in [-0.39, 0.29) is 59.9 Å². The minimum absolute atomic E-state index is 0. The van der Waals surface area contributed by atoms with E-state index < -0.39 is 20.2 Å². The summed E-state index contributed by atoms with van der Waals surface area (Å²) in [5, 5.41) is 12.9. The molecule has 0 bridgehead atoms. The number of hydrogen-bond donors (Lipinski definition) is 4. The molecule has 4 rings (SSSR count). The minimum atomic E-state index is -4.45. The fourth-order valence-electron chi connectivity index (χ4n) is 8.19. The summed E-state index contributed by atoms with van der Waals surface area (Å²) in [6, 6.07) is 9.56.